The summed E-state index contributed by atoms with van der Waals surface area (Å²) in [6.45, 7) is 2.35. The monoisotopic (exact) mass is 435 g/mol. The number of benzene rings is 1. The van der Waals surface area contributed by atoms with Crippen LogP contribution in [0.2, 0.25) is 0 Å². The normalized spacial score (nSPS) is 18.3. The second kappa shape index (κ2) is 8.59. The number of alkyl halides is 3. The van der Waals surface area contributed by atoms with Gasteiger partial charge in [0.2, 0.25) is 0 Å². The molecule has 0 spiro atoms. The largest absolute Gasteiger partial charge is 0.484 e. The van der Waals surface area contributed by atoms with Crippen molar-refractivity contribution < 1.29 is 32.1 Å². The zero-order valence-electron chi connectivity index (χ0n) is 17.0. The molecule has 31 heavy (non-hydrogen) atoms. The molecule has 1 saturated heterocycles. The first-order valence-electron chi connectivity index (χ1n) is 9.92. The molecule has 0 aliphatic carbocycles. The van der Waals surface area contributed by atoms with E-state index in [1.807, 2.05) is 4.57 Å². The third-order valence-corrected chi connectivity index (χ3v) is 5.32. The Kier molecular flexibility index (Phi) is 6.03. The van der Waals surface area contributed by atoms with Crippen molar-refractivity contribution in [1.82, 2.24) is 4.57 Å². The first-order chi connectivity index (χ1) is 14.7. The van der Waals surface area contributed by atoms with E-state index in [0.717, 1.165) is 11.1 Å². The van der Waals surface area contributed by atoms with Crippen molar-refractivity contribution in [1.29, 1.82) is 0 Å². The number of aromatic nitrogens is 1. The molecule has 6 nitrogen and oxygen atoms in total. The number of aryl methyl sites for hydroxylation is 1. The molecule has 164 valence electrons. The Morgan fingerprint density at radius 2 is 2.06 bits per heavy atom. The average molecular weight is 435 g/mol. The molecule has 4 rings (SSSR count). The van der Waals surface area contributed by atoms with E-state index in [4.69, 9.17) is 26.8 Å². The zero-order chi connectivity index (χ0) is 22.2. The number of hydrogen-bond donors (Lipinski definition) is 0. The maximum Gasteiger partial charge on any atom is 0.422 e. The maximum atomic E-state index is 12.8. The number of fused-ring (bicyclic) bond motifs is 3. The molecular weight excluding hydrogens is 414 g/mol. The van der Waals surface area contributed by atoms with Crippen LogP contribution in [0.15, 0.2) is 23.0 Å². The van der Waals surface area contributed by atoms with Gasteiger partial charge in [-0.2, -0.15) is 13.2 Å². The van der Waals surface area contributed by atoms with Crippen molar-refractivity contribution in [3.63, 3.8) is 0 Å². The minimum atomic E-state index is -4.41. The van der Waals surface area contributed by atoms with Gasteiger partial charge in [-0.1, -0.05) is 0 Å². The van der Waals surface area contributed by atoms with Gasteiger partial charge in [0, 0.05) is 23.1 Å². The molecule has 1 atom stereocenters. The predicted molar refractivity (Wildman–Crippen MR) is 108 cm³/mol. The molecule has 0 bridgehead atoms. The summed E-state index contributed by atoms with van der Waals surface area (Å²) < 4.78 is 60.9. The molecular formula is C21H21BF3NO5. The lowest BCUT2D eigenvalue weighted by Crippen LogP contribution is -2.38. The first kappa shape index (κ1) is 21.8. The van der Waals surface area contributed by atoms with Crippen LogP contribution in [0, 0.1) is 6.92 Å². The van der Waals surface area contributed by atoms with E-state index in [0.29, 0.717) is 44.0 Å². The second-order valence-corrected chi connectivity index (χ2v) is 7.52. The molecule has 3 heterocycles. The maximum absolute atomic E-state index is 12.8. The van der Waals surface area contributed by atoms with Gasteiger partial charge in [0.05, 0.1) is 25.5 Å². The molecule has 2 radical (unpaired) electrons. The SMILES string of the molecule is [B]c1c(OC[C@@H]2COCCO2)n2c(c(C)c1=O)-c1ccc(OCC(F)(F)F)cc1CC2. The highest BCUT2D eigenvalue weighted by Crippen LogP contribution is 2.35. The number of pyridine rings is 1. The topological polar surface area (TPSA) is 58.9 Å². The molecule has 1 aromatic heterocycles. The fraction of sp³-hybridized carbons (Fsp3) is 0.476. The van der Waals surface area contributed by atoms with Crippen molar-refractivity contribution in [2.75, 3.05) is 33.0 Å². The van der Waals surface area contributed by atoms with Gasteiger partial charge in [0.15, 0.2) is 17.9 Å². The summed E-state index contributed by atoms with van der Waals surface area (Å²) in [6, 6.07) is 4.71. The molecule has 0 saturated carbocycles. The van der Waals surface area contributed by atoms with E-state index in [2.05, 4.69) is 0 Å². The third kappa shape index (κ3) is 4.59. The molecule has 10 heteroatoms. The Balaban J connectivity index is 1.66. The van der Waals surface area contributed by atoms with Gasteiger partial charge < -0.3 is 23.5 Å². The van der Waals surface area contributed by atoms with Crippen molar-refractivity contribution in [2.24, 2.45) is 0 Å². The third-order valence-electron chi connectivity index (χ3n) is 5.32. The van der Waals surface area contributed by atoms with Crippen LogP contribution in [0.1, 0.15) is 11.1 Å². The van der Waals surface area contributed by atoms with Crippen molar-refractivity contribution >= 4 is 13.3 Å². The van der Waals surface area contributed by atoms with Gasteiger partial charge in [-0.15, -0.1) is 0 Å². The van der Waals surface area contributed by atoms with Gasteiger partial charge in [-0.05, 0) is 37.1 Å². The molecule has 0 amide bonds. The van der Waals surface area contributed by atoms with E-state index in [1.165, 1.54) is 6.07 Å². The van der Waals surface area contributed by atoms with Crippen molar-refractivity contribution in [3.05, 3.63) is 39.5 Å². The van der Waals surface area contributed by atoms with Gasteiger partial charge in [0.1, 0.15) is 26.3 Å². The van der Waals surface area contributed by atoms with E-state index < -0.39 is 12.8 Å². The van der Waals surface area contributed by atoms with E-state index in [-0.39, 0.29) is 35.2 Å². The summed E-state index contributed by atoms with van der Waals surface area (Å²) in [5.74, 6) is 0.397. The van der Waals surface area contributed by atoms with E-state index in [1.54, 1.807) is 19.1 Å². The fourth-order valence-corrected chi connectivity index (χ4v) is 3.87. The lowest BCUT2D eigenvalue weighted by molar-refractivity contribution is -0.153. The quantitative estimate of drug-likeness (QED) is 0.672. The highest BCUT2D eigenvalue weighted by molar-refractivity contribution is 6.34. The Bertz CT molecular complexity index is 1030. The Morgan fingerprint density at radius 3 is 2.77 bits per heavy atom. The van der Waals surface area contributed by atoms with Crippen LogP contribution in [0.5, 0.6) is 11.6 Å². The predicted octanol–water partition coefficient (Wildman–Crippen LogP) is 1.91. The van der Waals surface area contributed by atoms with Crippen LogP contribution in [0.4, 0.5) is 13.2 Å². The molecule has 0 N–H and O–H groups in total. The van der Waals surface area contributed by atoms with Gasteiger partial charge in [-0.25, -0.2) is 0 Å². The molecule has 2 aliphatic rings. The van der Waals surface area contributed by atoms with Crippen molar-refractivity contribution in [2.45, 2.75) is 32.2 Å². The minimum Gasteiger partial charge on any atom is -0.484 e. The molecule has 0 unspecified atom stereocenters. The summed E-state index contributed by atoms with van der Waals surface area (Å²) in [6.07, 6.45) is -4.15. The molecule has 2 aromatic rings. The number of ether oxygens (including phenoxy) is 4. The number of nitrogens with zero attached hydrogens (tertiary/aromatic N) is 1. The number of halogens is 3. The molecule has 2 aliphatic heterocycles. The van der Waals surface area contributed by atoms with Gasteiger partial charge in [0.25, 0.3) is 0 Å². The summed E-state index contributed by atoms with van der Waals surface area (Å²) in [4.78, 5) is 12.8. The summed E-state index contributed by atoms with van der Waals surface area (Å²) >= 11 is 0. The second-order valence-electron chi connectivity index (χ2n) is 7.52. The number of rotatable bonds is 5. The lowest BCUT2D eigenvalue weighted by Gasteiger charge is -2.29. The van der Waals surface area contributed by atoms with Crippen LogP contribution in [-0.2, 0) is 22.4 Å². The van der Waals surface area contributed by atoms with Crippen molar-refractivity contribution in [3.8, 4) is 22.9 Å². The standard InChI is InChI=1S/C21H21BF3NO5/c1-12-18-16-3-2-14(31-11-21(23,24)25)8-13(16)4-5-26(18)20(17(22)19(12)27)30-10-15-9-28-6-7-29-15/h2-3,8,15H,4-7,9-11H2,1H3/t15-/m0/s1. The zero-order valence-corrected chi connectivity index (χ0v) is 17.0. The Labute approximate surface area is 178 Å². The number of hydrogen-bond acceptors (Lipinski definition) is 5. The van der Waals surface area contributed by atoms with Crippen LogP contribution in [-0.4, -0.2) is 57.7 Å². The summed E-state index contributed by atoms with van der Waals surface area (Å²) in [5, 5.41) is 0. The molecule has 1 aromatic carbocycles. The lowest BCUT2D eigenvalue weighted by atomic mass is 9.89. The van der Waals surface area contributed by atoms with E-state index >= 15 is 0 Å². The minimum absolute atomic E-state index is 0.0200. The average Bonchev–Trinajstić information content (AvgIpc) is 2.75. The Hall–Kier alpha value is -2.46. The first-order valence-corrected chi connectivity index (χ1v) is 9.92. The van der Waals surface area contributed by atoms with Crippen LogP contribution in [0.3, 0.4) is 0 Å². The highest BCUT2D eigenvalue weighted by Gasteiger charge is 2.29. The van der Waals surface area contributed by atoms with Gasteiger partial charge in [-0.3, -0.25) is 4.79 Å². The van der Waals surface area contributed by atoms with E-state index in [9.17, 15) is 18.0 Å². The highest BCUT2D eigenvalue weighted by atomic mass is 19.4. The molecule has 1 fully saturated rings. The summed E-state index contributed by atoms with van der Waals surface area (Å²) in [7, 11) is 6.09. The summed E-state index contributed by atoms with van der Waals surface area (Å²) in [5.41, 5.74) is 2.30. The van der Waals surface area contributed by atoms with Gasteiger partial charge >= 0.3 is 6.18 Å². The van der Waals surface area contributed by atoms with Crippen LogP contribution >= 0.6 is 0 Å². The fourth-order valence-electron chi connectivity index (χ4n) is 3.87. The Morgan fingerprint density at radius 1 is 1.26 bits per heavy atom. The smallest absolute Gasteiger partial charge is 0.422 e. The van der Waals surface area contributed by atoms with Crippen LogP contribution in [0.25, 0.3) is 11.3 Å². The van der Waals surface area contributed by atoms with Crippen LogP contribution < -0.4 is 20.4 Å².